The summed E-state index contributed by atoms with van der Waals surface area (Å²) in [7, 11) is -1.59. The third kappa shape index (κ3) is 2.26. The first-order valence-corrected chi connectivity index (χ1v) is 8.26. The Bertz CT molecular complexity index is 689. The molecule has 0 bridgehead atoms. The van der Waals surface area contributed by atoms with Gasteiger partial charge in [0.2, 0.25) is 5.95 Å². The molecule has 0 radical (unpaired) electrons. The number of nitrogens with zero attached hydrogens (tertiary/aromatic N) is 4. The maximum absolute atomic E-state index is 12.0. The fourth-order valence-corrected chi connectivity index (χ4v) is 3.19. The molecule has 0 saturated heterocycles. The fourth-order valence-electron chi connectivity index (χ4n) is 1.43. The first-order valence-electron chi connectivity index (χ1n) is 5.02. The van der Waals surface area contributed by atoms with Crippen molar-refractivity contribution in [2.24, 2.45) is 7.05 Å². The van der Waals surface area contributed by atoms with Gasteiger partial charge in [-0.2, -0.15) is 9.78 Å². The van der Waals surface area contributed by atoms with Gasteiger partial charge >= 0.3 is 0 Å². The Morgan fingerprint density at radius 1 is 1.39 bits per heavy atom. The van der Waals surface area contributed by atoms with Crippen molar-refractivity contribution >= 4 is 41.7 Å². The van der Waals surface area contributed by atoms with Crippen LogP contribution in [0, 0.1) is 0 Å². The van der Waals surface area contributed by atoms with Crippen LogP contribution < -0.4 is 0 Å². The minimum atomic E-state index is -3.36. The van der Waals surface area contributed by atoms with Crippen molar-refractivity contribution in [2.75, 3.05) is 5.75 Å². The molecule has 0 aliphatic carbocycles. The van der Waals surface area contributed by atoms with E-state index in [-0.39, 0.29) is 10.8 Å². The summed E-state index contributed by atoms with van der Waals surface area (Å²) in [4.78, 5) is 4.14. The van der Waals surface area contributed by atoms with E-state index in [0.717, 1.165) is 4.60 Å². The molecule has 0 fully saturated rings. The third-order valence-electron chi connectivity index (χ3n) is 2.44. The molecule has 0 aromatic carbocycles. The SMILES string of the molecule is CCS(=O)(=O)c1cc(Br)nn1-c1ncc(Br)n1C. The molecule has 0 amide bonds. The lowest BCUT2D eigenvalue weighted by atomic mass is 10.7. The van der Waals surface area contributed by atoms with Gasteiger partial charge in [0.25, 0.3) is 0 Å². The second-order valence-electron chi connectivity index (χ2n) is 3.56. The zero-order chi connectivity index (χ0) is 13.5. The molecule has 0 aliphatic rings. The van der Waals surface area contributed by atoms with Crippen LogP contribution in [-0.2, 0) is 16.9 Å². The average molecular weight is 398 g/mol. The third-order valence-corrected chi connectivity index (χ3v) is 5.25. The maximum Gasteiger partial charge on any atom is 0.232 e. The quantitative estimate of drug-likeness (QED) is 0.793. The van der Waals surface area contributed by atoms with Crippen LogP contribution in [0.4, 0.5) is 0 Å². The van der Waals surface area contributed by atoms with Crippen LogP contribution in [0.15, 0.2) is 26.5 Å². The van der Waals surface area contributed by atoms with Gasteiger partial charge in [0.05, 0.1) is 11.9 Å². The minimum Gasteiger partial charge on any atom is -0.306 e. The van der Waals surface area contributed by atoms with E-state index in [1.54, 1.807) is 24.7 Å². The number of sulfone groups is 1. The summed E-state index contributed by atoms with van der Waals surface area (Å²) in [5.74, 6) is 0.441. The summed E-state index contributed by atoms with van der Waals surface area (Å²) in [5, 5.41) is 4.24. The summed E-state index contributed by atoms with van der Waals surface area (Å²) >= 11 is 6.50. The van der Waals surface area contributed by atoms with E-state index in [9.17, 15) is 8.42 Å². The molecule has 0 saturated carbocycles. The van der Waals surface area contributed by atoms with Crippen LogP contribution in [0.25, 0.3) is 5.95 Å². The molecule has 98 valence electrons. The van der Waals surface area contributed by atoms with Crippen LogP contribution in [0.2, 0.25) is 0 Å². The van der Waals surface area contributed by atoms with E-state index >= 15 is 0 Å². The minimum absolute atomic E-state index is 0.0106. The zero-order valence-corrected chi connectivity index (χ0v) is 13.6. The summed E-state index contributed by atoms with van der Waals surface area (Å²) in [6.45, 7) is 1.59. The molecule has 18 heavy (non-hydrogen) atoms. The normalized spacial score (nSPS) is 12.0. The zero-order valence-electron chi connectivity index (χ0n) is 9.63. The fraction of sp³-hybridized carbons (Fsp3) is 0.333. The van der Waals surface area contributed by atoms with Gasteiger partial charge in [-0.1, -0.05) is 6.92 Å². The van der Waals surface area contributed by atoms with Gasteiger partial charge in [-0.3, -0.25) is 0 Å². The van der Waals surface area contributed by atoms with E-state index < -0.39 is 9.84 Å². The van der Waals surface area contributed by atoms with Gasteiger partial charge in [0.1, 0.15) is 9.21 Å². The van der Waals surface area contributed by atoms with E-state index in [0.29, 0.717) is 10.6 Å². The van der Waals surface area contributed by atoms with Crippen molar-refractivity contribution < 1.29 is 8.42 Å². The number of halogens is 2. The van der Waals surface area contributed by atoms with Gasteiger partial charge < -0.3 is 4.57 Å². The lowest BCUT2D eigenvalue weighted by Gasteiger charge is -2.06. The Morgan fingerprint density at radius 2 is 2.06 bits per heavy atom. The summed E-state index contributed by atoms with van der Waals surface area (Å²) in [6, 6.07) is 1.47. The highest BCUT2D eigenvalue weighted by atomic mass is 79.9. The van der Waals surface area contributed by atoms with Crippen molar-refractivity contribution in [3.8, 4) is 5.95 Å². The van der Waals surface area contributed by atoms with Crippen molar-refractivity contribution in [2.45, 2.75) is 11.9 Å². The standard InChI is InChI=1S/C9H10Br2N4O2S/c1-3-18(16,17)8-4-6(10)13-15(8)9-12-5-7(11)14(9)2/h4-5H,3H2,1-2H3. The molecule has 0 unspecified atom stereocenters. The molecular formula is C9H10Br2N4O2S. The molecular weight excluding hydrogens is 388 g/mol. The highest BCUT2D eigenvalue weighted by Crippen LogP contribution is 2.22. The van der Waals surface area contributed by atoms with Gasteiger partial charge in [0, 0.05) is 13.1 Å². The highest BCUT2D eigenvalue weighted by Gasteiger charge is 2.22. The Morgan fingerprint density at radius 3 is 2.56 bits per heavy atom. The number of hydrogen-bond acceptors (Lipinski definition) is 4. The summed E-state index contributed by atoms with van der Waals surface area (Å²) < 4.78 is 28.2. The monoisotopic (exact) mass is 396 g/mol. The Hall–Kier alpha value is -0.670. The molecule has 9 heteroatoms. The van der Waals surface area contributed by atoms with Crippen LogP contribution in [0.5, 0.6) is 0 Å². The molecule has 0 spiro atoms. The molecule has 6 nitrogen and oxygen atoms in total. The Kier molecular flexibility index (Phi) is 3.65. The van der Waals surface area contributed by atoms with E-state index in [4.69, 9.17) is 0 Å². The van der Waals surface area contributed by atoms with E-state index in [2.05, 4.69) is 41.9 Å². The van der Waals surface area contributed by atoms with Crippen LogP contribution in [0.1, 0.15) is 6.92 Å². The molecule has 0 atom stereocenters. The highest BCUT2D eigenvalue weighted by molar-refractivity contribution is 9.10. The number of rotatable bonds is 3. The van der Waals surface area contributed by atoms with Crippen molar-refractivity contribution in [3.63, 3.8) is 0 Å². The topological polar surface area (TPSA) is 69.8 Å². The van der Waals surface area contributed by atoms with Gasteiger partial charge in [0.15, 0.2) is 14.9 Å². The number of aromatic nitrogens is 4. The van der Waals surface area contributed by atoms with Gasteiger partial charge in [-0.15, -0.1) is 0 Å². The van der Waals surface area contributed by atoms with Gasteiger partial charge in [-0.05, 0) is 31.9 Å². The smallest absolute Gasteiger partial charge is 0.232 e. The van der Waals surface area contributed by atoms with Gasteiger partial charge in [-0.25, -0.2) is 13.4 Å². The molecule has 0 N–H and O–H groups in total. The number of imidazole rings is 1. The second-order valence-corrected chi connectivity index (χ2v) is 7.41. The molecule has 2 heterocycles. The van der Waals surface area contributed by atoms with Crippen molar-refractivity contribution in [1.82, 2.24) is 19.3 Å². The van der Waals surface area contributed by atoms with E-state index in [1.807, 2.05) is 0 Å². The van der Waals surface area contributed by atoms with Crippen LogP contribution >= 0.6 is 31.9 Å². The second kappa shape index (κ2) is 4.78. The maximum atomic E-state index is 12.0. The molecule has 2 aromatic rings. The summed E-state index contributed by atoms with van der Waals surface area (Å²) in [5.41, 5.74) is 0. The first-order chi connectivity index (χ1) is 8.36. The largest absolute Gasteiger partial charge is 0.306 e. The lowest BCUT2D eigenvalue weighted by Crippen LogP contribution is -2.14. The predicted molar refractivity (Wildman–Crippen MR) is 73.5 cm³/mol. The molecule has 0 aliphatic heterocycles. The lowest BCUT2D eigenvalue weighted by molar-refractivity contribution is 0.582. The van der Waals surface area contributed by atoms with Crippen LogP contribution in [-0.4, -0.2) is 33.5 Å². The van der Waals surface area contributed by atoms with E-state index in [1.165, 1.54) is 10.7 Å². The molecule has 2 rings (SSSR count). The van der Waals surface area contributed by atoms with Crippen molar-refractivity contribution in [3.05, 3.63) is 21.5 Å². The number of hydrogen-bond donors (Lipinski definition) is 0. The molecule has 2 aromatic heterocycles. The Balaban J connectivity index is 2.70. The predicted octanol–water partition coefficient (Wildman–Crippen LogP) is 1.92. The first kappa shape index (κ1) is 13.8. The Labute approximate surface area is 121 Å². The van der Waals surface area contributed by atoms with Crippen LogP contribution in [0.3, 0.4) is 0 Å². The van der Waals surface area contributed by atoms with Crippen molar-refractivity contribution in [1.29, 1.82) is 0 Å². The summed E-state index contributed by atoms with van der Waals surface area (Å²) in [6.07, 6.45) is 1.59. The average Bonchev–Trinajstić information content (AvgIpc) is 2.85.